The molecule has 2 N–H and O–H groups in total. The summed E-state index contributed by atoms with van der Waals surface area (Å²) in [6, 6.07) is 16.6. The van der Waals surface area contributed by atoms with Crippen LogP contribution < -0.4 is 10.6 Å². The minimum Gasteiger partial charge on any atom is -0.332 e. The highest BCUT2D eigenvalue weighted by atomic mass is 35.5. The van der Waals surface area contributed by atoms with Crippen molar-refractivity contribution >= 4 is 52.1 Å². The Labute approximate surface area is 174 Å². The Morgan fingerprint density at radius 1 is 0.964 bits per heavy atom. The third-order valence-electron chi connectivity index (χ3n) is 3.50. The van der Waals surface area contributed by atoms with Gasteiger partial charge < -0.3 is 10.6 Å². The summed E-state index contributed by atoms with van der Waals surface area (Å²) >= 11 is 12.3. The molecule has 2 aromatic carbocycles. The lowest BCUT2D eigenvalue weighted by atomic mass is 10.2. The summed E-state index contributed by atoms with van der Waals surface area (Å²) in [5.74, 6) is 0. The quantitative estimate of drug-likeness (QED) is 0.441. The molecule has 0 fully saturated rings. The Morgan fingerprint density at radius 2 is 1.64 bits per heavy atom. The first-order valence-corrected chi connectivity index (χ1v) is 9.55. The Hall–Kier alpha value is -2.29. The van der Waals surface area contributed by atoms with Gasteiger partial charge in [-0.1, -0.05) is 29.4 Å². The van der Waals surface area contributed by atoms with Gasteiger partial charge in [0.25, 0.3) is 0 Å². The summed E-state index contributed by atoms with van der Waals surface area (Å²) in [6.45, 7) is 0. The predicted octanol–water partition coefficient (Wildman–Crippen LogP) is 6.71. The number of aromatic nitrogens is 1. The van der Waals surface area contributed by atoms with E-state index in [4.69, 9.17) is 23.8 Å². The van der Waals surface area contributed by atoms with E-state index in [1.807, 2.05) is 42.5 Å². The molecule has 0 saturated heterocycles. The van der Waals surface area contributed by atoms with Crippen LogP contribution in [-0.4, -0.2) is 10.1 Å². The van der Waals surface area contributed by atoms with Gasteiger partial charge in [0.2, 0.25) is 0 Å². The van der Waals surface area contributed by atoms with Gasteiger partial charge in [0.05, 0.1) is 10.6 Å². The first-order chi connectivity index (χ1) is 13.3. The van der Waals surface area contributed by atoms with Crippen molar-refractivity contribution in [2.75, 3.05) is 10.6 Å². The molecule has 144 valence electrons. The Balaban J connectivity index is 1.62. The smallest absolute Gasteiger partial charge is 0.332 e. The molecule has 3 nitrogen and oxygen atoms in total. The van der Waals surface area contributed by atoms with Gasteiger partial charge in [0.15, 0.2) is 5.11 Å². The van der Waals surface area contributed by atoms with Crippen molar-refractivity contribution in [3.05, 3.63) is 77.4 Å². The van der Waals surface area contributed by atoms with Crippen LogP contribution in [0.25, 0.3) is 0 Å². The number of nitrogens with one attached hydrogen (secondary N) is 2. The second-order valence-electron chi connectivity index (χ2n) is 5.57. The van der Waals surface area contributed by atoms with Crippen LogP contribution in [0.15, 0.2) is 76.8 Å². The van der Waals surface area contributed by atoms with E-state index in [2.05, 4.69) is 15.6 Å². The maximum absolute atomic E-state index is 12.9. The third-order valence-corrected chi connectivity index (χ3v) is 4.99. The highest BCUT2D eigenvalue weighted by molar-refractivity contribution is 7.99. The molecule has 3 rings (SSSR count). The van der Waals surface area contributed by atoms with Crippen LogP contribution in [-0.2, 0) is 6.18 Å². The van der Waals surface area contributed by atoms with Crippen LogP contribution in [0.3, 0.4) is 0 Å². The van der Waals surface area contributed by atoms with Crippen molar-refractivity contribution < 1.29 is 13.2 Å². The van der Waals surface area contributed by atoms with E-state index >= 15 is 0 Å². The number of benzene rings is 2. The fourth-order valence-corrected chi connectivity index (χ4v) is 3.48. The molecule has 9 heteroatoms. The first kappa shape index (κ1) is 20.4. The van der Waals surface area contributed by atoms with Crippen molar-refractivity contribution in [1.29, 1.82) is 0 Å². The molecule has 0 aliphatic heterocycles. The summed E-state index contributed by atoms with van der Waals surface area (Å²) in [6.07, 6.45) is -2.81. The van der Waals surface area contributed by atoms with Gasteiger partial charge in [0, 0.05) is 22.5 Å². The molecule has 0 bridgehead atoms. The van der Waals surface area contributed by atoms with Gasteiger partial charge in [-0.25, -0.2) is 4.98 Å². The largest absolute Gasteiger partial charge is 0.417 e. The second kappa shape index (κ2) is 8.81. The average molecular weight is 440 g/mol. The topological polar surface area (TPSA) is 37.0 Å². The second-order valence-corrected chi connectivity index (χ2v) is 7.48. The monoisotopic (exact) mass is 439 g/mol. The van der Waals surface area contributed by atoms with Crippen molar-refractivity contribution in [2.45, 2.75) is 16.1 Å². The molecular weight excluding hydrogens is 427 g/mol. The maximum atomic E-state index is 12.9. The molecule has 1 heterocycles. The van der Waals surface area contributed by atoms with Crippen LogP contribution in [0.1, 0.15) is 5.56 Å². The zero-order valence-electron chi connectivity index (χ0n) is 14.1. The van der Waals surface area contributed by atoms with Crippen molar-refractivity contribution in [3.8, 4) is 0 Å². The van der Waals surface area contributed by atoms with Gasteiger partial charge in [0.1, 0.15) is 5.03 Å². The molecule has 0 atom stereocenters. The predicted molar refractivity (Wildman–Crippen MR) is 111 cm³/mol. The van der Waals surface area contributed by atoms with Crippen LogP contribution in [0.4, 0.5) is 24.5 Å². The third kappa shape index (κ3) is 5.60. The van der Waals surface area contributed by atoms with Crippen LogP contribution in [0.5, 0.6) is 0 Å². The highest BCUT2D eigenvalue weighted by Gasteiger charge is 2.33. The summed E-state index contributed by atoms with van der Waals surface area (Å²) in [7, 11) is 0. The minimum atomic E-state index is -4.54. The van der Waals surface area contributed by atoms with E-state index in [1.165, 1.54) is 23.9 Å². The van der Waals surface area contributed by atoms with Gasteiger partial charge in [-0.3, -0.25) is 0 Å². The molecule has 28 heavy (non-hydrogen) atoms. The van der Waals surface area contributed by atoms with Crippen LogP contribution in [0.2, 0.25) is 5.02 Å². The molecule has 0 amide bonds. The van der Waals surface area contributed by atoms with E-state index in [1.54, 1.807) is 6.20 Å². The number of nitrogens with zero attached hydrogens (tertiary/aromatic N) is 1. The van der Waals surface area contributed by atoms with Crippen LogP contribution in [0, 0.1) is 0 Å². The van der Waals surface area contributed by atoms with E-state index in [0.717, 1.165) is 16.0 Å². The lowest BCUT2D eigenvalue weighted by Crippen LogP contribution is -2.19. The molecule has 3 aromatic rings. The normalized spacial score (nSPS) is 11.1. The van der Waals surface area contributed by atoms with Gasteiger partial charge >= 0.3 is 6.18 Å². The summed E-state index contributed by atoms with van der Waals surface area (Å²) in [5, 5.41) is 6.35. The number of rotatable bonds is 4. The number of alkyl halides is 3. The summed E-state index contributed by atoms with van der Waals surface area (Å²) in [4.78, 5) is 5.25. The van der Waals surface area contributed by atoms with Gasteiger partial charge in [-0.05, 0) is 66.8 Å². The first-order valence-electron chi connectivity index (χ1n) is 7.95. The summed E-state index contributed by atoms with van der Waals surface area (Å²) in [5.41, 5.74) is -0.0257. The Kier molecular flexibility index (Phi) is 6.43. The number of hydrogen-bond donors (Lipinski definition) is 2. The Bertz CT molecular complexity index is 964. The van der Waals surface area contributed by atoms with Crippen LogP contribution >= 0.6 is 35.6 Å². The molecule has 0 unspecified atom stereocenters. The lowest BCUT2D eigenvalue weighted by molar-refractivity contribution is -0.137. The van der Waals surface area contributed by atoms with E-state index in [9.17, 15) is 13.2 Å². The van der Waals surface area contributed by atoms with Crippen molar-refractivity contribution in [1.82, 2.24) is 4.98 Å². The fourth-order valence-electron chi connectivity index (χ4n) is 2.25. The van der Waals surface area contributed by atoms with Gasteiger partial charge in [-0.15, -0.1) is 0 Å². The zero-order valence-corrected chi connectivity index (χ0v) is 16.5. The van der Waals surface area contributed by atoms with Crippen molar-refractivity contribution in [3.63, 3.8) is 0 Å². The van der Waals surface area contributed by atoms with Crippen molar-refractivity contribution in [2.24, 2.45) is 0 Å². The highest BCUT2D eigenvalue weighted by Crippen LogP contribution is 2.36. The van der Waals surface area contributed by atoms with E-state index in [-0.39, 0.29) is 15.8 Å². The number of hydrogen-bond acceptors (Lipinski definition) is 3. The Morgan fingerprint density at radius 3 is 2.29 bits per heavy atom. The van der Waals surface area contributed by atoms with E-state index in [0.29, 0.717) is 5.69 Å². The summed E-state index contributed by atoms with van der Waals surface area (Å²) < 4.78 is 38.8. The molecule has 1 aromatic heterocycles. The fraction of sp³-hybridized carbons (Fsp3) is 0.0526. The molecular formula is C19H13ClF3N3S2. The minimum absolute atomic E-state index is 0.167. The lowest BCUT2D eigenvalue weighted by Gasteiger charge is -2.14. The SMILES string of the molecule is FC(F)(F)c1cc(NC(=S)Nc2ccc(Sc3ccccn3)cc2)ccc1Cl. The molecule has 0 aliphatic rings. The number of thiocarbonyl (C=S) groups is 1. The molecule has 0 aliphatic carbocycles. The molecule has 0 radical (unpaired) electrons. The number of anilines is 2. The average Bonchev–Trinajstić information content (AvgIpc) is 2.65. The van der Waals surface area contributed by atoms with Gasteiger partial charge in [-0.2, -0.15) is 13.2 Å². The number of pyridine rings is 1. The molecule has 0 spiro atoms. The standard InChI is InChI=1S/C19H13ClF3N3S2/c20-16-9-6-13(11-15(16)19(21,22)23)26-18(27)25-12-4-7-14(8-5-12)28-17-3-1-2-10-24-17/h1-11H,(H2,25,26,27). The molecule has 0 saturated carbocycles. The van der Waals surface area contributed by atoms with E-state index < -0.39 is 11.7 Å². The zero-order chi connectivity index (χ0) is 20.1. The number of halogens is 4. The maximum Gasteiger partial charge on any atom is 0.417 e.